The van der Waals surface area contributed by atoms with E-state index >= 15 is 0 Å². The molecule has 0 aliphatic rings. The van der Waals surface area contributed by atoms with Gasteiger partial charge in [-0.2, -0.15) is 0 Å². The predicted octanol–water partition coefficient (Wildman–Crippen LogP) is 1.55. The first kappa shape index (κ1) is 12.6. The van der Waals surface area contributed by atoms with Crippen molar-refractivity contribution in [2.45, 2.75) is 13.0 Å². The maximum Gasteiger partial charge on any atom is 0.221 e. The van der Waals surface area contributed by atoms with Crippen molar-refractivity contribution in [1.29, 1.82) is 0 Å². The number of anilines is 1. The van der Waals surface area contributed by atoms with Gasteiger partial charge in [0.15, 0.2) is 0 Å². The first-order valence-corrected chi connectivity index (χ1v) is 5.72. The zero-order valence-corrected chi connectivity index (χ0v) is 10.5. The van der Waals surface area contributed by atoms with Crippen molar-refractivity contribution in [3.05, 3.63) is 23.0 Å². The second-order valence-electron chi connectivity index (χ2n) is 3.80. The lowest BCUT2D eigenvalue weighted by molar-refractivity contribution is -0.120. The van der Waals surface area contributed by atoms with E-state index in [4.69, 9.17) is 17.3 Å². The molecule has 0 saturated carbocycles. The summed E-state index contributed by atoms with van der Waals surface area (Å²) in [6, 6.07) is 2.68. The Labute approximate surface area is 108 Å². The van der Waals surface area contributed by atoms with Crippen LogP contribution in [-0.2, 0) is 11.3 Å². The molecule has 1 heterocycles. The molecule has 0 radical (unpaired) electrons. The average molecular weight is 271 g/mol. The van der Waals surface area contributed by atoms with Crippen LogP contribution in [0.5, 0.6) is 0 Å². The van der Waals surface area contributed by atoms with E-state index in [1.807, 2.05) is 0 Å². The van der Waals surface area contributed by atoms with Crippen molar-refractivity contribution in [2.75, 3.05) is 12.8 Å². The molecule has 0 bridgehead atoms. The van der Waals surface area contributed by atoms with Crippen LogP contribution in [0.25, 0.3) is 11.0 Å². The number of aromatic nitrogens is 2. The number of rotatable bonds is 3. The van der Waals surface area contributed by atoms with Gasteiger partial charge < -0.3 is 15.6 Å². The molecule has 2 rings (SSSR count). The number of nitrogen functional groups attached to an aromatic ring is 1. The Morgan fingerprint density at radius 2 is 2.33 bits per heavy atom. The molecule has 7 heteroatoms. The van der Waals surface area contributed by atoms with Crippen LogP contribution in [0.15, 0.2) is 12.1 Å². The van der Waals surface area contributed by atoms with Crippen molar-refractivity contribution in [1.82, 2.24) is 14.9 Å². The summed E-state index contributed by atoms with van der Waals surface area (Å²) < 4.78 is 15.0. The van der Waals surface area contributed by atoms with E-state index in [9.17, 15) is 9.18 Å². The molecule has 1 aromatic carbocycles. The van der Waals surface area contributed by atoms with E-state index in [1.165, 1.54) is 12.1 Å². The van der Waals surface area contributed by atoms with Crippen LogP contribution in [0, 0.1) is 5.82 Å². The van der Waals surface area contributed by atoms with Crippen LogP contribution in [0.2, 0.25) is 5.02 Å². The normalized spacial score (nSPS) is 10.8. The Balaban J connectivity index is 2.40. The number of halogens is 2. The van der Waals surface area contributed by atoms with E-state index in [1.54, 1.807) is 11.6 Å². The van der Waals surface area contributed by atoms with Gasteiger partial charge in [-0.1, -0.05) is 11.6 Å². The number of aryl methyl sites for hydroxylation is 1. The minimum atomic E-state index is -0.537. The van der Waals surface area contributed by atoms with Gasteiger partial charge in [0.2, 0.25) is 11.9 Å². The van der Waals surface area contributed by atoms with Crippen LogP contribution in [0.1, 0.15) is 6.42 Å². The number of nitrogens with one attached hydrogen (secondary N) is 1. The summed E-state index contributed by atoms with van der Waals surface area (Å²) in [4.78, 5) is 15.3. The Morgan fingerprint density at radius 3 is 3.00 bits per heavy atom. The molecular formula is C11H12ClFN4O. The van der Waals surface area contributed by atoms with Gasteiger partial charge in [-0.25, -0.2) is 9.37 Å². The van der Waals surface area contributed by atoms with Gasteiger partial charge in [0.25, 0.3) is 0 Å². The maximum atomic E-state index is 13.4. The Hall–Kier alpha value is -1.82. The SMILES string of the molecule is CNC(=O)CCn1c(N)nc2cc(Cl)c(F)cc21. The molecule has 1 aromatic heterocycles. The largest absolute Gasteiger partial charge is 0.369 e. The van der Waals surface area contributed by atoms with Gasteiger partial charge in [0.05, 0.1) is 16.1 Å². The van der Waals surface area contributed by atoms with Gasteiger partial charge in [-0.15, -0.1) is 0 Å². The van der Waals surface area contributed by atoms with Gasteiger partial charge in [-0.05, 0) is 6.07 Å². The highest BCUT2D eigenvalue weighted by Crippen LogP contribution is 2.24. The van der Waals surface area contributed by atoms with E-state index in [0.29, 0.717) is 17.6 Å². The van der Waals surface area contributed by atoms with Crippen molar-refractivity contribution in [3.8, 4) is 0 Å². The summed E-state index contributed by atoms with van der Waals surface area (Å²) in [6.07, 6.45) is 0.246. The van der Waals surface area contributed by atoms with Crippen LogP contribution in [0.3, 0.4) is 0 Å². The van der Waals surface area contributed by atoms with Crippen LogP contribution >= 0.6 is 11.6 Å². The monoisotopic (exact) mass is 270 g/mol. The molecule has 18 heavy (non-hydrogen) atoms. The third-order valence-electron chi connectivity index (χ3n) is 2.66. The Bertz CT molecular complexity index is 611. The molecule has 0 aliphatic carbocycles. The number of imidazole rings is 1. The lowest BCUT2D eigenvalue weighted by Gasteiger charge is -2.05. The molecule has 5 nitrogen and oxygen atoms in total. The molecular weight excluding hydrogens is 259 g/mol. The molecule has 0 saturated heterocycles. The number of hydrogen-bond acceptors (Lipinski definition) is 3. The second kappa shape index (κ2) is 4.81. The summed E-state index contributed by atoms with van der Waals surface area (Å²) in [7, 11) is 1.55. The number of benzene rings is 1. The quantitative estimate of drug-likeness (QED) is 0.889. The van der Waals surface area contributed by atoms with Gasteiger partial charge in [0, 0.05) is 26.1 Å². The molecule has 0 aliphatic heterocycles. The van der Waals surface area contributed by atoms with E-state index in [2.05, 4.69) is 10.3 Å². The fraction of sp³-hybridized carbons (Fsp3) is 0.273. The number of amides is 1. The average Bonchev–Trinajstić information content (AvgIpc) is 2.62. The Morgan fingerprint density at radius 1 is 1.61 bits per heavy atom. The molecule has 0 atom stereocenters. The zero-order valence-electron chi connectivity index (χ0n) is 9.70. The summed E-state index contributed by atoms with van der Waals surface area (Å²) in [6.45, 7) is 0.336. The van der Waals surface area contributed by atoms with Crippen LogP contribution in [-0.4, -0.2) is 22.5 Å². The van der Waals surface area contributed by atoms with Crippen molar-refractivity contribution in [3.63, 3.8) is 0 Å². The molecule has 0 unspecified atom stereocenters. The first-order chi connectivity index (χ1) is 8.52. The number of hydrogen-bond donors (Lipinski definition) is 2. The maximum absolute atomic E-state index is 13.4. The predicted molar refractivity (Wildman–Crippen MR) is 67.8 cm³/mol. The number of fused-ring (bicyclic) bond motifs is 1. The fourth-order valence-corrected chi connectivity index (χ4v) is 1.87. The zero-order chi connectivity index (χ0) is 13.3. The molecule has 0 spiro atoms. The molecule has 96 valence electrons. The summed E-state index contributed by atoms with van der Waals surface area (Å²) in [5, 5.41) is 2.51. The molecule has 1 amide bonds. The van der Waals surface area contributed by atoms with E-state index in [-0.39, 0.29) is 23.3 Å². The number of carbonyl (C=O) groups is 1. The first-order valence-electron chi connectivity index (χ1n) is 5.34. The summed E-state index contributed by atoms with van der Waals surface area (Å²) in [5.74, 6) is -0.425. The minimum absolute atomic E-state index is 0.00143. The number of nitrogens with two attached hydrogens (primary N) is 1. The van der Waals surface area contributed by atoms with E-state index < -0.39 is 5.82 Å². The highest BCUT2D eigenvalue weighted by molar-refractivity contribution is 6.31. The number of carbonyl (C=O) groups excluding carboxylic acids is 1. The standard InChI is InChI=1S/C11H12ClFN4O/c1-15-10(18)2-3-17-9-5-7(13)6(12)4-8(9)16-11(17)14/h4-5H,2-3H2,1H3,(H2,14,16)(H,15,18). The molecule has 2 aromatic rings. The highest BCUT2D eigenvalue weighted by Gasteiger charge is 2.12. The van der Waals surface area contributed by atoms with Gasteiger partial charge >= 0.3 is 0 Å². The fourth-order valence-electron chi connectivity index (χ4n) is 1.71. The third kappa shape index (κ3) is 2.24. The third-order valence-corrected chi connectivity index (χ3v) is 2.95. The van der Waals surface area contributed by atoms with Gasteiger partial charge in [-0.3, -0.25) is 4.79 Å². The summed E-state index contributed by atoms with van der Waals surface area (Å²) in [5.41, 5.74) is 6.77. The molecule has 3 N–H and O–H groups in total. The Kier molecular flexibility index (Phi) is 3.38. The highest BCUT2D eigenvalue weighted by atomic mass is 35.5. The lowest BCUT2D eigenvalue weighted by Crippen LogP contribution is -2.19. The van der Waals surface area contributed by atoms with Crippen molar-refractivity contribution >= 4 is 34.5 Å². The molecule has 0 fully saturated rings. The topological polar surface area (TPSA) is 72.9 Å². The number of nitrogens with zero attached hydrogens (tertiary/aromatic N) is 2. The smallest absolute Gasteiger partial charge is 0.221 e. The van der Waals surface area contributed by atoms with Crippen molar-refractivity contribution < 1.29 is 9.18 Å². The van der Waals surface area contributed by atoms with Crippen LogP contribution < -0.4 is 11.1 Å². The second-order valence-corrected chi connectivity index (χ2v) is 4.21. The van der Waals surface area contributed by atoms with Crippen LogP contribution in [0.4, 0.5) is 10.3 Å². The van der Waals surface area contributed by atoms with Gasteiger partial charge in [0.1, 0.15) is 5.82 Å². The summed E-state index contributed by atoms with van der Waals surface area (Å²) >= 11 is 5.67. The van der Waals surface area contributed by atoms with E-state index in [0.717, 1.165) is 0 Å². The lowest BCUT2D eigenvalue weighted by atomic mass is 10.3. The van der Waals surface area contributed by atoms with Crippen molar-refractivity contribution in [2.24, 2.45) is 0 Å². The minimum Gasteiger partial charge on any atom is -0.369 e.